The van der Waals surface area contributed by atoms with E-state index in [0.717, 1.165) is 22.3 Å². The monoisotopic (exact) mass is 238 g/mol. The molecule has 0 radical (unpaired) electrons. The third kappa shape index (κ3) is 1.66. The smallest absolute Gasteiger partial charge is 0.0859 e. The zero-order chi connectivity index (χ0) is 9.42. The fraction of sp³-hybridized carbons (Fsp3) is 0.400. The Kier molecular flexibility index (Phi) is 2.20. The molecule has 3 heteroatoms. The van der Waals surface area contributed by atoms with E-state index >= 15 is 0 Å². The van der Waals surface area contributed by atoms with Crippen LogP contribution in [0.2, 0.25) is 0 Å². The second-order valence-electron chi connectivity index (χ2n) is 3.55. The van der Waals surface area contributed by atoms with E-state index in [9.17, 15) is 0 Å². The van der Waals surface area contributed by atoms with Crippen LogP contribution in [-0.2, 0) is 6.42 Å². The van der Waals surface area contributed by atoms with Gasteiger partial charge in [-0.1, -0.05) is 13.8 Å². The van der Waals surface area contributed by atoms with E-state index in [2.05, 4.69) is 39.8 Å². The van der Waals surface area contributed by atoms with Gasteiger partial charge in [-0.05, 0) is 27.9 Å². The third-order valence-electron chi connectivity index (χ3n) is 2.19. The fourth-order valence-corrected chi connectivity index (χ4v) is 1.71. The van der Waals surface area contributed by atoms with E-state index in [1.807, 2.05) is 12.3 Å². The molecule has 0 aromatic carbocycles. The molecule has 0 saturated heterocycles. The van der Waals surface area contributed by atoms with Gasteiger partial charge in [0.25, 0.3) is 0 Å². The lowest BCUT2D eigenvalue weighted by molar-refractivity contribution is 0.868. The molecule has 68 valence electrons. The predicted molar refractivity (Wildman–Crippen MR) is 57.6 cm³/mol. The number of rotatable bonds is 1. The van der Waals surface area contributed by atoms with Gasteiger partial charge >= 0.3 is 0 Å². The summed E-state index contributed by atoms with van der Waals surface area (Å²) in [6, 6.07) is 2.03. The van der Waals surface area contributed by atoms with Gasteiger partial charge in [-0.15, -0.1) is 0 Å². The SMILES string of the molecule is CC(C)C1=Nc2cc(Br)cnc2C1. The van der Waals surface area contributed by atoms with Crippen LogP contribution in [0.4, 0.5) is 5.69 Å². The van der Waals surface area contributed by atoms with Gasteiger partial charge in [0.15, 0.2) is 0 Å². The molecule has 1 aromatic heterocycles. The maximum Gasteiger partial charge on any atom is 0.0859 e. The van der Waals surface area contributed by atoms with Crippen molar-refractivity contribution in [1.29, 1.82) is 0 Å². The Balaban J connectivity index is 2.38. The maximum absolute atomic E-state index is 4.54. The van der Waals surface area contributed by atoms with E-state index in [4.69, 9.17) is 0 Å². The highest BCUT2D eigenvalue weighted by atomic mass is 79.9. The molecule has 0 fully saturated rings. The number of aliphatic imine (C=N–C) groups is 1. The summed E-state index contributed by atoms with van der Waals surface area (Å²) in [5.74, 6) is 0.521. The molecule has 0 aliphatic carbocycles. The van der Waals surface area contributed by atoms with Crippen molar-refractivity contribution in [3.63, 3.8) is 0 Å². The molecule has 13 heavy (non-hydrogen) atoms. The fourth-order valence-electron chi connectivity index (χ4n) is 1.39. The summed E-state index contributed by atoms with van der Waals surface area (Å²) in [7, 11) is 0. The number of aromatic nitrogens is 1. The van der Waals surface area contributed by atoms with Crippen LogP contribution in [-0.4, -0.2) is 10.7 Å². The Labute approximate surface area is 86.2 Å². The standard InChI is InChI=1S/C10H11BrN2/c1-6(2)8-4-9-10(13-8)3-7(11)5-12-9/h3,5-6H,4H2,1-2H3. The van der Waals surface area contributed by atoms with Crippen LogP contribution < -0.4 is 0 Å². The molecule has 0 unspecified atom stereocenters. The van der Waals surface area contributed by atoms with Gasteiger partial charge < -0.3 is 0 Å². The highest BCUT2D eigenvalue weighted by Gasteiger charge is 2.17. The van der Waals surface area contributed by atoms with Gasteiger partial charge in [0.1, 0.15) is 0 Å². The second-order valence-corrected chi connectivity index (χ2v) is 4.47. The van der Waals surface area contributed by atoms with E-state index in [1.165, 1.54) is 5.71 Å². The topological polar surface area (TPSA) is 25.2 Å². The molecule has 1 aromatic rings. The normalized spacial score (nSPS) is 14.6. The minimum Gasteiger partial charge on any atom is -0.257 e. The van der Waals surface area contributed by atoms with Crippen molar-refractivity contribution in [2.75, 3.05) is 0 Å². The molecule has 0 N–H and O–H groups in total. The van der Waals surface area contributed by atoms with Crippen LogP contribution in [0.3, 0.4) is 0 Å². The van der Waals surface area contributed by atoms with Crippen LogP contribution in [0.25, 0.3) is 0 Å². The number of pyridine rings is 1. The molecule has 2 rings (SSSR count). The Morgan fingerprint density at radius 3 is 2.92 bits per heavy atom. The summed E-state index contributed by atoms with van der Waals surface area (Å²) in [4.78, 5) is 8.87. The van der Waals surface area contributed by atoms with Gasteiger partial charge in [0, 0.05) is 22.8 Å². The molecule has 1 aliphatic heterocycles. The largest absolute Gasteiger partial charge is 0.257 e. The molecule has 0 saturated carbocycles. The van der Waals surface area contributed by atoms with Crippen LogP contribution in [0.5, 0.6) is 0 Å². The minimum atomic E-state index is 0.521. The van der Waals surface area contributed by atoms with Crippen LogP contribution in [0.15, 0.2) is 21.7 Å². The first-order chi connectivity index (χ1) is 6.16. The number of nitrogens with zero attached hydrogens (tertiary/aromatic N) is 2. The van der Waals surface area contributed by atoms with Gasteiger partial charge in [-0.25, -0.2) is 0 Å². The Bertz CT molecular complexity index is 369. The van der Waals surface area contributed by atoms with Gasteiger partial charge in [-0.2, -0.15) is 0 Å². The zero-order valence-corrected chi connectivity index (χ0v) is 9.30. The van der Waals surface area contributed by atoms with Crippen molar-refractivity contribution >= 4 is 27.3 Å². The molecule has 0 bridgehead atoms. The van der Waals surface area contributed by atoms with Crippen molar-refractivity contribution in [1.82, 2.24) is 4.98 Å². The van der Waals surface area contributed by atoms with Crippen LogP contribution in [0, 0.1) is 5.92 Å². The predicted octanol–water partition coefficient (Wildman–Crippen LogP) is 3.13. The minimum absolute atomic E-state index is 0.521. The summed E-state index contributed by atoms with van der Waals surface area (Å²) < 4.78 is 1.00. The second kappa shape index (κ2) is 3.22. The summed E-state index contributed by atoms with van der Waals surface area (Å²) in [6.45, 7) is 4.33. The Morgan fingerprint density at radius 1 is 1.46 bits per heavy atom. The number of fused-ring (bicyclic) bond motifs is 1. The van der Waals surface area contributed by atoms with Crippen molar-refractivity contribution < 1.29 is 0 Å². The summed E-state index contributed by atoms with van der Waals surface area (Å²) in [5.41, 5.74) is 3.37. The first-order valence-corrected chi connectivity index (χ1v) is 5.18. The van der Waals surface area contributed by atoms with Crippen molar-refractivity contribution in [2.45, 2.75) is 20.3 Å². The summed E-state index contributed by atoms with van der Waals surface area (Å²) >= 11 is 3.39. The summed E-state index contributed by atoms with van der Waals surface area (Å²) in [6.07, 6.45) is 2.75. The molecular formula is C10H11BrN2. The molecule has 0 atom stereocenters. The van der Waals surface area contributed by atoms with Crippen LogP contribution >= 0.6 is 15.9 Å². The van der Waals surface area contributed by atoms with Crippen molar-refractivity contribution in [2.24, 2.45) is 10.9 Å². The molecule has 0 spiro atoms. The first kappa shape index (κ1) is 8.88. The lowest BCUT2D eigenvalue weighted by Gasteiger charge is -2.00. The van der Waals surface area contributed by atoms with E-state index in [-0.39, 0.29) is 0 Å². The lowest BCUT2D eigenvalue weighted by atomic mass is 10.1. The molecule has 2 nitrogen and oxygen atoms in total. The highest BCUT2D eigenvalue weighted by Crippen LogP contribution is 2.29. The number of halogens is 1. The molecule has 1 aliphatic rings. The maximum atomic E-state index is 4.54. The molecule has 2 heterocycles. The van der Waals surface area contributed by atoms with Crippen molar-refractivity contribution in [3.8, 4) is 0 Å². The van der Waals surface area contributed by atoms with Crippen molar-refractivity contribution in [3.05, 3.63) is 22.4 Å². The van der Waals surface area contributed by atoms with E-state index in [0.29, 0.717) is 5.92 Å². The van der Waals surface area contributed by atoms with Gasteiger partial charge in [0.05, 0.1) is 11.4 Å². The average molecular weight is 239 g/mol. The quantitative estimate of drug-likeness (QED) is 0.739. The summed E-state index contributed by atoms with van der Waals surface area (Å²) in [5, 5.41) is 0. The van der Waals surface area contributed by atoms with E-state index < -0.39 is 0 Å². The number of hydrogen-bond acceptors (Lipinski definition) is 2. The highest BCUT2D eigenvalue weighted by molar-refractivity contribution is 9.10. The average Bonchev–Trinajstić information content (AvgIpc) is 2.46. The van der Waals surface area contributed by atoms with Gasteiger partial charge in [-0.3, -0.25) is 9.98 Å². The molecular weight excluding hydrogens is 228 g/mol. The van der Waals surface area contributed by atoms with Gasteiger partial charge in [0.2, 0.25) is 0 Å². The van der Waals surface area contributed by atoms with E-state index in [1.54, 1.807) is 0 Å². The Morgan fingerprint density at radius 2 is 2.23 bits per heavy atom. The zero-order valence-electron chi connectivity index (χ0n) is 7.71. The third-order valence-corrected chi connectivity index (χ3v) is 2.63. The molecule has 0 amide bonds. The lowest BCUT2D eigenvalue weighted by Crippen LogP contribution is -2.06. The van der Waals surface area contributed by atoms with Crippen LogP contribution in [0.1, 0.15) is 19.5 Å². The number of hydrogen-bond donors (Lipinski definition) is 0. The Hall–Kier alpha value is -0.700. The first-order valence-electron chi connectivity index (χ1n) is 4.38.